The molecule has 0 radical (unpaired) electrons. The van der Waals surface area contributed by atoms with E-state index in [4.69, 9.17) is 30.8 Å². The zero-order chi connectivity index (χ0) is 26.2. The third kappa shape index (κ3) is 7.12. The minimum Gasteiger partial charge on any atom is -0.487 e. The molecule has 0 bridgehead atoms. The highest BCUT2D eigenvalue weighted by atomic mass is 35.5. The number of halogens is 1. The number of para-hydroxylation sites is 2. The summed E-state index contributed by atoms with van der Waals surface area (Å²) in [5.74, 6) is 2.15. The Labute approximate surface area is 227 Å². The smallest absolute Gasteiger partial charge is 0.238 e. The number of amides is 1. The van der Waals surface area contributed by atoms with Crippen molar-refractivity contribution in [3.05, 3.63) is 65.4 Å². The SMILES string of the molecule is O=C1CN(Cc2ccnc(N3CCCCC3)n2)CCOCCOc2ccccc2Oc2ccc(Cl)cc2N1. The van der Waals surface area contributed by atoms with Gasteiger partial charge in [-0.3, -0.25) is 9.69 Å². The molecule has 9 nitrogen and oxygen atoms in total. The maximum absolute atomic E-state index is 13.2. The Bertz CT molecular complexity index is 1240. The van der Waals surface area contributed by atoms with E-state index >= 15 is 0 Å². The Morgan fingerprint density at radius 1 is 0.921 bits per heavy atom. The summed E-state index contributed by atoms with van der Waals surface area (Å²) in [6.45, 7) is 4.35. The molecular weight excluding hydrogens is 506 g/mol. The van der Waals surface area contributed by atoms with Gasteiger partial charge in [-0.05, 0) is 55.7 Å². The van der Waals surface area contributed by atoms with Crippen LogP contribution in [0.15, 0.2) is 54.7 Å². The van der Waals surface area contributed by atoms with Gasteiger partial charge < -0.3 is 24.4 Å². The summed E-state index contributed by atoms with van der Waals surface area (Å²) in [6, 6.07) is 14.4. The van der Waals surface area contributed by atoms with Gasteiger partial charge in [0.1, 0.15) is 6.61 Å². The van der Waals surface area contributed by atoms with Crippen molar-refractivity contribution in [3.8, 4) is 17.2 Å². The second kappa shape index (κ2) is 12.9. The Hall–Kier alpha value is -3.40. The van der Waals surface area contributed by atoms with Crippen LogP contribution in [0.5, 0.6) is 17.2 Å². The molecule has 0 aliphatic carbocycles. The topological polar surface area (TPSA) is 89.1 Å². The van der Waals surface area contributed by atoms with Crippen LogP contribution in [-0.4, -0.2) is 66.8 Å². The van der Waals surface area contributed by atoms with E-state index in [9.17, 15) is 4.79 Å². The van der Waals surface area contributed by atoms with Gasteiger partial charge in [-0.25, -0.2) is 9.97 Å². The summed E-state index contributed by atoms with van der Waals surface area (Å²) < 4.78 is 17.9. The summed E-state index contributed by atoms with van der Waals surface area (Å²) in [5.41, 5.74) is 1.34. The van der Waals surface area contributed by atoms with Gasteiger partial charge in [0.15, 0.2) is 17.2 Å². The van der Waals surface area contributed by atoms with Crippen molar-refractivity contribution in [1.82, 2.24) is 14.9 Å². The third-order valence-corrected chi connectivity index (χ3v) is 6.65. The van der Waals surface area contributed by atoms with Crippen LogP contribution in [0.25, 0.3) is 0 Å². The van der Waals surface area contributed by atoms with E-state index in [2.05, 4.69) is 15.2 Å². The highest BCUT2D eigenvalue weighted by Crippen LogP contribution is 2.36. The first-order valence-corrected chi connectivity index (χ1v) is 13.4. The zero-order valence-corrected chi connectivity index (χ0v) is 22.0. The molecule has 5 rings (SSSR count). The number of carbonyl (C=O) groups is 1. The van der Waals surface area contributed by atoms with Gasteiger partial charge >= 0.3 is 0 Å². The first-order valence-electron chi connectivity index (χ1n) is 13.0. The summed E-state index contributed by atoms with van der Waals surface area (Å²) in [5, 5.41) is 3.46. The van der Waals surface area contributed by atoms with Crippen molar-refractivity contribution < 1.29 is 19.0 Å². The van der Waals surface area contributed by atoms with E-state index in [0.29, 0.717) is 60.9 Å². The molecule has 200 valence electrons. The molecule has 1 fully saturated rings. The lowest BCUT2D eigenvalue weighted by Gasteiger charge is -2.27. The fourth-order valence-corrected chi connectivity index (χ4v) is 4.69. The lowest BCUT2D eigenvalue weighted by atomic mass is 10.1. The second-order valence-electron chi connectivity index (χ2n) is 9.30. The maximum Gasteiger partial charge on any atom is 0.238 e. The predicted molar refractivity (Wildman–Crippen MR) is 146 cm³/mol. The lowest BCUT2D eigenvalue weighted by Crippen LogP contribution is -2.36. The number of hydrogen-bond acceptors (Lipinski definition) is 8. The molecule has 2 aliphatic rings. The second-order valence-corrected chi connectivity index (χ2v) is 9.74. The summed E-state index contributed by atoms with van der Waals surface area (Å²) in [7, 11) is 0. The van der Waals surface area contributed by atoms with E-state index < -0.39 is 0 Å². The van der Waals surface area contributed by atoms with Crippen molar-refractivity contribution in [1.29, 1.82) is 0 Å². The number of anilines is 2. The van der Waals surface area contributed by atoms with Crippen LogP contribution in [0.3, 0.4) is 0 Å². The quantitative estimate of drug-likeness (QED) is 0.511. The van der Waals surface area contributed by atoms with Gasteiger partial charge in [-0.2, -0.15) is 0 Å². The van der Waals surface area contributed by atoms with Crippen LogP contribution in [-0.2, 0) is 16.1 Å². The fraction of sp³-hybridized carbons (Fsp3) is 0.393. The number of ether oxygens (including phenoxy) is 3. The third-order valence-electron chi connectivity index (χ3n) is 6.41. The van der Waals surface area contributed by atoms with Crippen LogP contribution in [0, 0.1) is 0 Å². The first kappa shape index (κ1) is 26.2. The molecular formula is C28H32ClN5O4. The molecule has 0 spiro atoms. The van der Waals surface area contributed by atoms with Crippen molar-refractivity contribution in [2.45, 2.75) is 25.8 Å². The molecule has 3 aromatic rings. The molecule has 2 aromatic carbocycles. The standard InChI is InChI=1S/C28H32ClN5O4/c29-21-8-9-24-23(18-21)32-27(35)20-33(14-15-36-16-17-37-25-6-2-3-7-26(25)38-24)19-22-10-11-30-28(31-22)34-12-4-1-5-13-34/h2-3,6-11,18H,1,4-5,12-17,19-20H2,(H,32,35). The number of hydrogen-bond donors (Lipinski definition) is 1. The molecule has 1 amide bonds. The number of carbonyl (C=O) groups excluding carboxylic acids is 1. The normalized spacial score (nSPS) is 17.6. The van der Waals surface area contributed by atoms with E-state index in [0.717, 1.165) is 37.6 Å². The average molecular weight is 538 g/mol. The lowest BCUT2D eigenvalue weighted by molar-refractivity contribution is -0.117. The number of fused-ring (bicyclic) bond motifs is 2. The number of benzene rings is 2. The van der Waals surface area contributed by atoms with Crippen molar-refractivity contribution >= 4 is 29.1 Å². The zero-order valence-electron chi connectivity index (χ0n) is 21.3. The first-order chi connectivity index (χ1) is 18.6. The monoisotopic (exact) mass is 537 g/mol. The molecule has 0 atom stereocenters. The van der Waals surface area contributed by atoms with Crippen LogP contribution >= 0.6 is 11.6 Å². The fourth-order valence-electron chi connectivity index (χ4n) is 4.52. The number of aromatic nitrogens is 2. The van der Waals surface area contributed by atoms with Crippen molar-refractivity contribution in [2.75, 3.05) is 56.2 Å². The number of piperidine rings is 1. The molecule has 0 unspecified atom stereocenters. The predicted octanol–water partition coefficient (Wildman–Crippen LogP) is 4.76. The van der Waals surface area contributed by atoms with Gasteiger partial charge in [0.2, 0.25) is 11.9 Å². The Balaban J connectivity index is 1.34. The minimum atomic E-state index is -0.193. The molecule has 1 aromatic heterocycles. The van der Waals surface area contributed by atoms with E-state index in [1.807, 2.05) is 35.2 Å². The largest absolute Gasteiger partial charge is 0.487 e. The molecule has 2 aliphatic heterocycles. The average Bonchev–Trinajstić information content (AvgIpc) is 2.93. The van der Waals surface area contributed by atoms with Crippen LogP contribution in [0.2, 0.25) is 5.02 Å². The number of rotatable bonds is 3. The summed E-state index contributed by atoms with van der Waals surface area (Å²) in [6.07, 6.45) is 5.35. The Morgan fingerprint density at radius 2 is 1.76 bits per heavy atom. The van der Waals surface area contributed by atoms with Crippen molar-refractivity contribution in [2.24, 2.45) is 0 Å². The van der Waals surface area contributed by atoms with Gasteiger partial charge in [-0.15, -0.1) is 0 Å². The Kier molecular flexibility index (Phi) is 8.90. The highest BCUT2D eigenvalue weighted by Gasteiger charge is 2.18. The summed E-state index contributed by atoms with van der Waals surface area (Å²) >= 11 is 6.26. The number of nitrogens with one attached hydrogen (secondary N) is 1. The minimum absolute atomic E-state index is 0.144. The van der Waals surface area contributed by atoms with E-state index in [-0.39, 0.29) is 12.5 Å². The van der Waals surface area contributed by atoms with Crippen LogP contribution in [0.1, 0.15) is 25.0 Å². The van der Waals surface area contributed by atoms with Crippen molar-refractivity contribution in [3.63, 3.8) is 0 Å². The van der Waals surface area contributed by atoms with Crippen LogP contribution in [0.4, 0.5) is 11.6 Å². The van der Waals surface area contributed by atoms with Crippen LogP contribution < -0.4 is 19.7 Å². The van der Waals surface area contributed by atoms with Gasteiger partial charge in [0.25, 0.3) is 0 Å². The number of nitrogens with zero attached hydrogens (tertiary/aromatic N) is 4. The molecule has 0 saturated carbocycles. The molecule has 1 N–H and O–H groups in total. The molecule has 10 heteroatoms. The molecule has 38 heavy (non-hydrogen) atoms. The molecule has 3 heterocycles. The van der Waals surface area contributed by atoms with Gasteiger partial charge in [0.05, 0.1) is 31.1 Å². The Morgan fingerprint density at radius 3 is 2.63 bits per heavy atom. The summed E-state index contributed by atoms with van der Waals surface area (Å²) in [4.78, 5) is 26.7. The van der Waals surface area contributed by atoms with Gasteiger partial charge in [-0.1, -0.05) is 23.7 Å². The van der Waals surface area contributed by atoms with E-state index in [1.165, 1.54) is 6.42 Å². The highest BCUT2D eigenvalue weighted by molar-refractivity contribution is 6.31. The maximum atomic E-state index is 13.2. The van der Waals surface area contributed by atoms with Gasteiger partial charge in [0, 0.05) is 37.4 Å². The molecule has 1 saturated heterocycles. The van der Waals surface area contributed by atoms with E-state index in [1.54, 1.807) is 24.4 Å².